The van der Waals surface area contributed by atoms with Crippen LogP contribution in [0.2, 0.25) is 0 Å². The number of amides is 1. The zero-order valence-electron chi connectivity index (χ0n) is 15.9. The molecule has 0 spiro atoms. The summed E-state index contributed by atoms with van der Waals surface area (Å²) in [6, 6.07) is 3.57. The molecule has 1 amide bonds. The number of pyridine rings is 3. The van der Waals surface area contributed by atoms with Crippen molar-refractivity contribution >= 4 is 22.7 Å². The van der Waals surface area contributed by atoms with E-state index in [4.69, 9.17) is 4.74 Å². The van der Waals surface area contributed by atoms with Crippen molar-refractivity contribution in [2.45, 2.75) is 40.2 Å². The molecule has 3 aromatic rings. The van der Waals surface area contributed by atoms with Crippen LogP contribution in [0, 0.1) is 19.7 Å². The van der Waals surface area contributed by atoms with E-state index in [1.165, 1.54) is 6.20 Å². The molecule has 140 valence electrons. The summed E-state index contributed by atoms with van der Waals surface area (Å²) in [5.74, 6) is 0.0000800. The molecule has 0 aliphatic rings. The van der Waals surface area contributed by atoms with E-state index in [-0.39, 0.29) is 5.82 Å². The predicted octanol–water partition coefficient (Wildman–Crippen LogP) is 4.79. The average Bonchev–Trinajstić information content (AvgIpc) is 2.56. The van der Waals surface area contributed by atoms with Gasteiger partial charge in [0.1, 0.15) is 17.2 Å². The predicted molar refractivity (Wildman–Crippen MR) is 102 cm³/mol. The van der Waals surface area contributed by atoms with Crippen LogP contribution in [0.5, 0.6) is 0 Å². The minimum absolute atomic E-state index is 0.373. The van der Waals surface area contributed by atoms with Gasteiger partial charge in [0.2, 0.25) is 0 Å². The number of aromatic nitrogens is 3. The lowest BCUT2D eigenvalue weighted by Crippen LogP contribution is -2.27. The fraction of sp³-hybridized carbons (Fsp3) is 0.300. The number of hydrogen-bond donors (Lipinski definition) is 1. The van der Waals surface area contributed by atoms with Gasteiger partial charge in [-0.1, -0.05) is 0 Å². The Balaban J connectivity index is 1.96. The van der Waals surface area contributed by atoms with E-state index >= 15 is 0 Å². The number of carbonyl (C=O) groups is 1. The summed E-state index contributed by atoms with van der Waals surface area (Å²) in [4.78, 5) is 24.7. The van der Waals surface area contributed by atoms with E-state index in [0.29, 0.717) is 22.6 Å². The van der Waals surface area contributed by atoms with E-state index in [0.717, 1.165) is 16.5 Å². The Hall–Kier alpha value is -3.09. The molecule has 6 nitrogen and oxygen atoms in total. The van der Waals surface area contributed by atoms with Crippen LogP contribution < -0.4 is 5.32 Å². The smallest absolute Gasteiger partial charge is 0.413 e. The van der Waals surface area contributed by atoms with Crippen LogP contribution in [-0.2, 0) is 4.74 Å². The van der Waals surface area contributed by atoms with Gasteiger partial charge in [-0.2, -0.15) is 0 Å². The summed E-state index contributed by atoms with van der Waals surface area (Å²) in [7, 11) is 0. The molecule has 0 aliphatic heterocycles. The number of anilines is 1. The number of halogens is 1. The van der Waals surface area contributed by atoms with Gasteiger partial charge in [0.25, 0.3) is 0 Å². The fourth-order valence-corrected chi connectivity index (χ4v) is 2.69. The first-order valence-electron chi connectivity index (χ1n) is 8.52. The number of fused-ring (bicyclic) bond motifs is 1. The van der Waals surface area contributed by atoms with Crippen molar-refractivity contribution in [2.24, 2.45) is 0 Å². The molecule has 3 aromatic heterocycles. The molecule has 0 radical (unpaired) electrons. The lowest BCUT2D eigenvalue weighted by molar-refractivity contribution is 0.0635. The van der Waals surface area contributed by atoms with Gasteiger partial charge in [0.15, 0.2) is 0 Å². The highest BCUT2D eigenvalue weighted by molar-refractivity contribution is 5.92. The summed E-state index contributed by atoms with van der Waals surface area (Å²) in [6.45, 7) is 8.92. The first-order valence-corrected chi connectivity index (χ1v) is 8.52. The Kier molecular flexibility index (Phi) is 4.78. The molecule has 0 saturated heterocycles. The molecular formula is C20H21FN4O2. The summed E-state index contributed by atoms with van der Waals surface area (Å²) < 4.78 is 19.1. The standard InChI is InChI=1S/C20H21FN4O2/c1-11-15(9-22-10-16(11)21)17-6-13-8-23-18(7-14(13)12(2)24-17)25-19(26)27-20(3,4)5/h6-10H,1-5H3,(H,23,25,26). The van der Waals surface area contributed by atoms with Gasteiger partial charge < -0.3 is 4.74 Å². The Labute approximate surface area is 156 Å². The Bertz CT molecular complexity index is 1030. The molecule has 1 N–H and O–H groups in total. The third-order valence-corrected chi connectivity index (χ3v) is 3.96. The molecule has 0 fully saturated rings. The number of carbonyl (C=O) groups excluding carboxylic acids is 1. The third kappa shape index (κ3) is 4.19. The number of nitrogens with one attached hydrogen (secondary N) is 1. The molecular weight excluding hydrogens is 347 g/mol. The van der Waals surface area contributed by atoms with Crippen LogP contribution in [0.15, 0.2) is 30.7 Å². The first-order chi connectivity index (χ1) is 12.6. The summed E-state index contributed by atoms with van der Waals surface area (Å²) in [5.41, 5.74) is 1.90. The highest BCUT2D eigenvalue weighted by Gasteiger charge is 2.17. The molecule has 3 rings (SSSR count). The molecule has 0 unspecified atom stereocenters. The minimum Gasteiger partial charge on any atom is -0.444 e. The number of hydrogen-bond acceptors (Lipinski definition) is 5. The minimum atomic E-state index is -0.593. The van der Waals surface area contributed by atoms with Gasteiger partial charge in [0.05, 0.1) is 11.9 Å². The molecule has 27 heavy (non-hydrogen) atoms. The van der Waals surface area contributed by atoms with Crippen LogP contribution in [0.4, 0.5) is 15.0 Å². The van der Waals surface area contributed by atoms with Gasteiger partial charge in [0, 0.05) is 34.4 Å². The van der Waals surface area contributed by atoms with Crippen molar-refractivity contribution in [1.82, 2.24) is 15.0 Å². The second-order valence-electron chi connectivity index (χ2n) is 7.30. The van der Waals surface area contributed by atoms with Crippen molar-refractivity contribution in [3.63, 3.8) is 0 Å². The molecule has 3 heterocycles. The number of ether oxygens (including phenoxy) is 1. The fourth-order valence-electron chi connectivity index (χ4n) is 2.69. The summed E-state index contributed by atoms with van der Waals surface area (Å²) >= 11 is 0. The average molecular weight is 368 g/mol. The first kappa shape index (κ1) is 18.7. The van der Waals surface area contributed by atoms with Gasteiger partial charge in [-0.05, 0) is 52.3 Å². The van der Waals surface area contributed by atoms with Gasteiger partial charge in [-0.3, -0.25) is 15.3 Å². The third-order valence-electron chi connectivity index (χ3n) is 3.96. The quantitative estimate of drug-likeness (QED) is 0.703. The monoisotopic (exact) mass is 368 g/mol. The van der Waals surface area contributed by atoms with Crippen LogP contribution in [-0.4, -0.2) is 26.6 Å². The molecule has 0 aliphatic carbocycles. The molecule has 7 heteroatoms. The maximum atomic E-state index is 13.8. The van der Waals surface area contributed by atoms with Crippen LogP contribution in [0.1, 0.15) is 32.0 Å². The van der Waals surface area contributed by atoms with E-state index in [9.17, 15) is 9.18 Å². The van der Waals surface area contributed by atoms with Crippen molar-refractivity contribution in [2.75, 3.05) is 5.32 Å². The molecule has 0 aromatic carbocycles. The van der Waals surface area contributed by atoms with E-state index < -0.39 is 11.7 Å². The highest BCUT2D eigenvalue weighted by Crippen LogP contribution is 2.28. The number of nitrogens with zero attached hydrogens (tertiary/aromatic N) is 3. The van der Waals surface area contributed by atoms with E-state index in [2.05, 4.69) is 20.3 Å². The Morgan fingerprint density at radius 2 is 1.89 bits per heavy atom. The van der Waals surface area contributed by atoms with Gasteiger partial charge >= 0.3 is 6.09 Å². The SMILES string of the molecule is Cc1c(F)cncc1-c1cc2cnc(NC(=O)OC(C)(C)C)cc2c(C)n1. The lowest BCUT2D eigenvalue weighted by atomic mass is 10.0. The van der Waals surface area contributed by atoms with E-state index in [1.807, 2.05) is 13.0 Å². The Morgan fingerprint density at radius 1 is 1.15 bits per heavy atom. The van der Waals surface area contributed by atoms with Crippen LogP contribution >= 0.6 is 0 Å². The number of rotatable bonds is 2. The Morgan fingerprint density at radius 3 is 2.59 bits per heavy atom. The largest absolute Gasteiger partial charge is 0.444 e. The second kappa shape index (κ2) is 6.90. The van der Waals surface area contributed by atoms with Crippen LogP contribution in [0.3, 0.4) is 0 Å². The highest BCUT2D eigenvalue weighted by atomic mass is 19.1. The molecule has 0 saturated carbocycles. The summed E-state index contributed by atoms with van der Waals surface area (Å²) in [6.07, 6.45) is 3.85. The molecule has 0 atom stereocenters. The van der Waals surface area contributed by atoms with Crippen molar-refractivity contribution in [3.05, 3.63) is 47.8 Å². The topological polar surface area (TPSA) is 77.0 Å². The van der Waals surface area contributed by atoms with Crippen molar-refractivity contribution in [3.8, 4) is 11.3 Å². The van der Waals surface area contributed by atoms with E-state index in [1.54, 1.807) is 46.2 Å². The van der Waals surface area contributed by atoms with Crippen molar-refractivity contribution in [1.29, 1.82) is 0 Å². The maximum Gasteiger partial charge on any atom is 0.413 e. The van der Waals surface area contributed by atoms with Crippen LogP contribution in [0.25, 0.3) is 22.0 Å². The van der Waals surface area contributed by atoms with Gasteiger partial charge in [-0.25, -0.2) is 14.2 Å². The normalized spacial score (nSPS) is 11.5. The maximum absolute atomic E-state index is 13.8. The molecule has 0 bridgehead atoms. The lowest BCUT2D eigenvalue weighted by Gasteiger charge is -2.19. The number of aryl methyl sites for hydroxylation is 1. The van der Waals surface area contributed by atoms with Gasteiger partial charge in [-0.15, -0.1) is 0 Å². The summed E-state index contributed by atoms with van der Waals surface area (Å²) in [5, 5.41) is 4.29. The second-order valence-corrected chi connectivity index (χ2v) is 7.30. The zero-order chi connectivity index (χ0) is 19.8. The van der Waals surface area contributed by atoms with Crippen molar-refractivity contribution < 1.29 is 13.9 Å². The zero-order valence-corrected chi connectivity index (χ0v) is 15.9.